The van der Waals surface area contributed by atoms with Gasteiger partial charge in [0, 0.05) is 51.5 Å². The zero-order valence-corrected chi connectivity index (χ0v) is 23.3. The lowest BCUT2D eigenvalue weighted by Gasteiger charge is -2.17. The number of hydrogen-bond donors (Lipinski definition) is 2. The number of allylic oxidation sites excluding steroid dienone is 2. The molecule has 0 aliphatic carbocycles. The first kappa shape index (κ1) is 32.4. The number of aliphatic imine (C=N–C) groups is 1. The summed E-state index contributed by atoms with van der Waals surface area (Å²) in [6.07, 6.45) is 4.79. The summed E-state index contributed by atoms with van der Waals surface area (Å²) in [5.41, 5.74) is 3.77. The Balaban J connectivity index is 0.00000168. The fourth-order valence-electron chi connectivity index (χ4n) is 3.47. The normalized spacial score (nSPS) is 11.2. The van der Waals surface area contributed by atoms with Crippen molar-refractivity contribution in [3.63, 3.8) is 0 Å². The molecule has 0 saturated heterocycles. The van der Waals surface area contributed by atoms with E-state index in [-0.39, 0.29) is 11.7 Å². The van der Waals surface area contributed by atoms with E-state index in [4.69, 9.17) is 0 Å². The van der Waals surface area contributed by atoms with Gasteiger partial charge in [-0.3, -0.25) is 19.4 Å². The highest BCUT2D eigenvalue weighted by atomic mass is 16.5. The SMILES string of the molecule is CCN(CC)CCNC(=O)c1ccc(C(/C=C\C(=O)CCc2cccc(NC=O)c2)=NC)cc1.CCOC. The standard InChI is InChI=1S/C27H34N4O3.C3H8O/c1-4-31(5-2)18-17-29-27(34)23-12-10-22(11-13-23)26(28-3)16-15-25(33)14-9-21-7-6-8-24(19-21)30-20-32;1-3-4-2/h6-8,10-13,15-16,19-20H,4-5,9,14,17-18H2,1-3H3,(H,29,34)(H,30,32);3H2,1-2H3/b16-15-,28-26?;. The number of carbonyl (C=O) groups excluding carboxylic acids is 3. The number of carbonyl (C=O) groups is 3. The summed E-state index contributed by atoms with van der Waals surface area (Å²) in [6, 6.07) is 14.6. The molecule has 0 aliphatic rings. The highest BCUT2D eigenvalue weighted by Gasteiger charge is 2.08. The molecule has 0 radical (unpaired) electrons. The molecule has 2 aromatic rings. The lowest BCUT2D eigenvalue weighted by atomic mass is 10.0. The molecule has 0 atom stereocenters. The lowest BCUT2D eigenvalue weighted by Crippen LogP contribution is -2.34. The quantitative estimate of drug-likeness (QED) is 0.208. The molecule has 206 valence electrons. The van der Waals surface area contributed by atoms with Gasteiger partial charge in [-0.2, -0.15) is 0 Å². The molecule has 0 spiro atoms. The highest BCUT2D eigenvalue weighted by molar-refractivity contribution is 6.11. The topological polar surface area (TPSA) is 100 Å². The van der Waals surface area contributed by atoms with Crippen molar-refractivity contribution in [1.82, 2.24) is 10.2 Å². The van der Waals surface area contributed by atoms with Gasteiger partial charge in [0.15, 0.2) is 5.78 Å². The Morgan fingerprint density at radius 3 is 2.24 bits per heavy atom. The summed E-state index contributed by atoms with van der Waals surface area (Å²) in [5.74, 6) is -0.120. The second kappa shape index (κ2) is 19.5. The molecule has 8 heteroatoms. The Bertz CT molecular complexity index is 1040. The summed E-state index contributed by atoms with van der Waals surface area (Å²) in [4.78, 5) is 41.8. The fourth-order valence-corrected chi connectivity index (χ4v) is 3.47. The van der Waals surface area contributed by atoms with E-state index in [1.165, 1.54) is 6.08 Å². The van der Waals surface area contributed by atoms with Crippen LogP contribution in [0.2, 0.25) is 0 Å². The zero-order chi connectivity index (χ0) is 28.2. The van der Waals surface area contributed by atoms with Crippen molar-refractivity contribution in [2.24, 2.45) is 4.99 Å². The number of hydrogen-bond acceptors (Lipinski definition) is 6. The summed E-state index contributed by atoms with van der Waals surface area (Å²) < 4.78 is 4.54. The van der Waals surface area contributed by atoms with E-state index < -0.39 is 0 Å². The van der Waals surface area contributed by atoms with Crippen LogP contribution in [0, 0.1) is 0 Å². The van der Waals surface area contributed by atoms with Crippen molar-refractivity contribution in [1.29, 1.82) is 0 Å². The van der Waals surface area contributed by atoms with Crippen LogP contribution < -0.4 is 10.6 Å². The van der Waals surface area contributed by atoms with Crippen molar-refractivity contribution in [2.75, 3.05) is 52.3 Å². The number of nitrogens with zero attached hydrogens (tertiary/aromatic N) is 2. The predicted octanol–water partition coefficient (Wildman–Crippen LogP) is 4.16. The van der Waals surface area contributed by atoms with Gasteiger partial charge < -0.3 is 20.3 Å². The number of anilines is 1. The van der Waals surface area contributed by atoms with Crippen LogP contribution in [0.4, 0.5) is 5.69 Å². The molecule has 0 heterocycles. The maximum atomic E-state index is 12.4. The molecule has 0 fully saturated rings. The number of methoxy groups -OCH3 is 1. The molecule has 0 aromatic heterocycles. The van der Waals surface area contributed by atoms with Crippen LogP contribution in [0.5, 0.6) is 0 Å². The van der Waals surface area contributed by atoms with Crippen LogP contribution in [0.25, 0.3) is 0 Å². The second-order valence-electron chi connectivity index (χ2n) is 8.31. The molecule has 2 amide bonds. The third-order valence-corrected chi connectivity index (χ3v) is 5.82. The smallest absolute Gasteiger partial charge is 0.251 e. The number of likely N-dealkylation sites (N-methyl/N-ethyl adjacent to an activating group) is 1. The van der Waals surface area contributed by atoms with E-state index in [0.29, 0.717) is 42.8 Å². The van der Waals surface area contributed by atoms with Crippen molar-refractivity contribution in [3.8, 4) is 0 Å². The molecule has 0 aliphatic heterocycles. The van der Waals surface area contributed by atoms with Crippen molar-refractivity contribution in [2.45, 2.75) is 33.6 Å². The van der Waals surface area contributed by atoms with E-state index in [9.17, 15) is 14.4 Å². The molecule has 2 aromatic carbocycles. The highest BCUT2D eigenvalue weighted by Crippen LogP contribution is 2.12. The summed E-state index contributed by atoms with van der Waals surface area (Å²) in [7, 11) is 3.35. The molecule has 8 nitrogen and oxygen atoms in total. The van der Waals surface area contributed by atoms with Gasteiger partial charge in [-0.25, -0.2) is 0 Å². The van der Waals surface area contributed by atoms with E-state index >= 15 is 0 Å². The number of ether oxygens (including phenoxy) is 1. The van der Waals surface area contributed by atoms with Crippen LogP contribution in [-0.4, -0.2) is 75.7 Å². The molecule has 0 unspecified atom stereocenters. The number of amides is 2. The van der Waals surface area contributed by atoms with Crippen molar-refractivity contribution < 1.29 is 19.1 Å². The molecule has 38 heavy (non-hydrogen) atoms. The number of aryl methyl sites for hydroxylation is 1. The van der Waals surface area contributed by atoms with Gasteiger partial charge in [-0.05, 0) is 74.0 Å². The minimum Gasteiger partial charge on any atom is -0.385 e. The van der Waals surface area contributed by atoms with Gasteiger partial charge in [-0.15, -0.1) is 0 Å². The fraction of sp³-hybridized carbons (Fsp3) is 0.400. The van der Waals surface area contributed by atoms with Crippen molar-refractivity contribution >= 4 is 29.5 Å². The van der Waals surface area contributed by atoms with Gasteiger partial charge in [-0.1, -0.05) is 38.1 Å². The molecule has 0 saturated carbocycles. The van der Waals surface area contributed by atoms with Crippen LogP contribution >= 0.6 is 0 Å². The minimum absolute atomic E-state index is 0.0147. The van der Waals surface area contributed by atoms with E-state index in [1.807, 2.05) is 37.3 Å². The third-order valence-electron chi connectivity index (χ3n) is 5.82. The van der Waals surface area contributed by atoms with Gasteiger partial charge in [0.1, 0.15) is 0 Å². The average Bonchev–Trinajstić information content (AvgIpc) is 2.95. The van der Waals surface area contributed by atoms with E-state index in [1.54, 1.807) is 38.4 Å². The largest absolute Gasteiger partial charge is 0.385 e. The first-order chi connectivity index (χ1) is 18.4. The molecule has 2 N–H and O–H groups in total. The van der Waals surface area contributed by atoms with Crippen LogP contribution in [0.3, 0.4) is 0 Å². The number of nitrogens with one attached hydrogen (secondary N) is 2. The number of ketones is 1. The molecule has 2 rings (SSSR count). The number of benzene rings is 2. The first-order valence-corrected chi connectivity index (χ1v) is 13.0. The van der Waals surface area contributed by atoms with Gasteiger partial charge in [0.25, 0.3) is 5.91 Å². The Kier molecular flexibility index (Phi) is 16.6. The summed E-state index contributed by atoms with van der Waals surface area (Å²) in [6.45, 7) is 10.3. The Morgan fingerprint density at radius 1 is 1.00 bits per heavy atom. The average molecular weight is 523 g/mol. The third kappa shape index (κ3) is 12.6. The zero-order valence-electron chi connectivity index (χ0n) is 23.3. The van der Waals surface area contributed by atoms with Crippen LogP contribution in [-0.2, 0) is 20.7 Å². The Morgan fingerprint density at radius 2 is 1.66 bits per heavy atom. The summed E-state index contributed by atoms with van der Waals surface area (Å²) >= 11 is 0. The second-order valence-corrected chi connectivity index (χ2v) is 8.31. The molecular formula is C30H42N4O4. The number of rotatable bonds is 15. The van der Waals surface area contributed by atoms with E-state index in [0.717, 1.165) is 37.4 Å². The molecular weight excluding hydrogens is 480 g/mol. The predicted molar refractivity (Wildman–Crippen MR) is 155 cm³/mol. The van der Waals surface area contributed by atoms with Crippen LogP contribution in [0.15, 0.2) is 65.7 Å². The Hall–Kier alpha value is -3.62. The Labute approximate surface area is 227 Å². The van der Waals surface area contributed by atoms with Gasteiger partial charge in [0.05, 0.1) is 5.71 Å². The van der Waals surface area contributed by atoms with Crippen molar-refractivity contribution in [3.05, 3.63) is 77.4 Å². The van der Waals surface area contributed by atoms with Gasteiger partial charge >= 0.3 is 0 Å². The maximum absolute atomic E-state index is 12.4. The lowest BCUT2D eigenvalue weighted by molar-refractivity contribution is -0.114. The van der Waals surface area contributed by atoms with E-state index in [2.05, 4.69) is 39.1 Å². The first-order valence-electron chi connectivity index (χ1n) is 13.0. The summed E-state index contributed by atoms with van der Waals surface area (Å²) in [5, 5.41) is 5.56. The molecule has 0 bridgehead atoms. The maximum Gasteiger partial charge on any atom is 0.251 e. The monoisotopic (exact) mass is 522 g/mol. The van der Waals surface area contributed by atoms with Gasteiger partial charge in [0.2, 0.25) is 6.41 Å². The van der Waals surface area contributed by atoms with Crippen LogP contribution in [0.1, 0.15) is 48.7 Å². The minimum atomic E-state index is -0.105.